The highest BCUT2D eigenvalue weighted by Gasteiger charge is 2.15. The fraction of sp³-hybridized carbons (Fsp3) is 0.0667. The molecule has 5 nitrogen and oxygen atoms in total. The fourth-order valence-corrected chi connectivity index (χ4v) is 1.77. The normalized spacial score (nSPS) is 9.95. The monoisotopic (exact) mass is 305 g/mol. The lowest BCUT2D eigenvalue weighted by atomic mass is 10.2. The molecule has 0 bridgehead atoms. The summed E-state index contributed by atoms with van der Waals surface area (Å²) in [5.74, 6) is -1.55. The maximum absolute atomic E-state index is 11.8. The standard InChI is InChI=1S/C15H12ClNO4/c16-10-6-7-13(18)12(8-10)15(20)21-9-14(19)17-11-4-2-1-3-5-11/h1-8,18H,9H2,(H,17,19). The smallest absolute Gasteiger partial charge is 0.342 e. The van der Waals surface area contributed by atoms with Crippen molar-refractivity contribution in [1.82, 2.24) is 0 Å². The van der Waals surface area contributed by atoms with Crippen LogP contribution in [0.15, 0.2) is 48.5 Å². The summed E-state index contributed by atoms with van der Waals surface area (Å²) in [6.45, 7) is -0.459. The first kappa shape index (κ1) is 14.9. The summed E-state index contributed by atoms with van der Waals surface area (Å²) in [4.78, 5) is 23.4. The van der Waals surface area contributed by atoms with Crippen LogP contribution in [0.2, 0.25) is 5.02 Å². The number of benzene rings is 2. The first-order valence-electron chi connectivity index (χ1n) is 6.07. The van der Waals surface area contributed by atoms with Crippen LogP contribution in [-0.2, 0) is 9.53 Å². The minimum atomic E-state index is -0.821. The van der Waals surface area contributed by atoms with Crippen molar-refractivity contribution in [1.29, 1.82) is 0 Å². The molecule has 0 atom stereocenters. The van der Waals surface area contributed by atoms with E-state index in [1.165, 1.54) is 18.2 Å². The number of phenolic OH excluding ortho intramolecular Hbond substituents is 1. The lowest BCUT2D eigenvalue weighted by Gasteiger charge is -2.07. The van der Waals surface area contributed by atoms with E-state index < -0.39 is 18.5 Å². The summed E-state index contributed by atoms with van der Waals surface area (Å²) in [6.07, 6.45) is 0. The van der Waals surface area contributed by atoms with Crippen molar-refractivity contribution in [2.75, 3.05) is 11.9 Å². The van der Waals surface area contributed by atoms with Crippen molar-refractivity contribution in [3.8, 4) is 5.75 Å². The highest BCUT2D eigenvalue weighted by molar-refractivity contribution is 6.31. The molecule has 2 N–H and O–H groups in total. The van der Waals surface area contributed by atoms with Gasteiger partial charge in [-0.15, -0.1) is 0 Å². The Hall–Kier alpha value is -2.53. The second-order valence-corrected chi connectivity index (χ2v) is 4.59. The molecule has 0 aliphatic carbocycles. The average Bonchev–Trinajstić information content (AvgIpc) is 2.48. The van der Waals surface area contributed by atoms with Crippen LogP contribution in [0.4, 0.5) is 5.69 Å². The second-order valence-electron chi connectivity index (χ2n) is 4.15. The Kier molecular flexibility index (Phi) is 4.79. The van der Waals surface area contributed by atoms with E-state index in [-0.39, 0.29) is 16.3 Å². The van der Waals surface area contributed by atoms with E-state index in [4.69, 9.17) is 16.3 Å². The molecule has 0 aromatic heterocycles. The van der Waals surface area contributed by atoms with Gasteiger partial charge in [-0.1, -0.05) is 29.8 Å². The first-order valence-corrected chi connectivity index (χ1v) is 6.44. The van der Waals surface area contributed by atoms with E-state index in [1.807, 2.05) is 6.07 Å². The number of ether oxygens (including phenoxy) is 1. The van der Waals surface area contributed by atoms with Gasteiger partial charge in [0.15, 0.2) is 6.61 Å². The van der Waals surface area contributed by atoms with Crippen LogP contribution < -0.4 is 5.32 Å². The largest absolute Gasteiger partial charge is 0.507 e. The zero-order valence-electron chi connectivity index (χ0n) is 10.9. The molecule has 0 radical (unpaired) electrons. The van der Waals surface area contributed by atoms with Gasteiger partial charge in [0.2, 0.25) is 0 Å². The van der Waals surface area contributed by atoms with Gasteiger partial charge in [-0.3, -0.25) is 4.79 Å². The van der Waals surface area contributed by atoms with Crippen molar-refractivity contribution in [2.24, 2.45) is 0 Å². The van der Waals surface area contributed by atoms with Gasteiger partial charge in [-0.05, 0) is 30.3 Å². The number of phenols is 1. The number of aromatic hydroxyl groups is 1. The number of carbonyl (C=O) groups excluding carboxylic acids is 2. The molecule has 6 heteroatoms. The Bertz CT molecular complexity index is 658. The fourth-order valence-electron chi connectivity index (χ4n) is 1.60. The topological polar surface area (TPSA) is 75.6 Å². The zero-order valence-corrected chi connectivity index (χ0v) is 11.6. The summed E-state index contributed by atoms with van der Waals surface area (Å²) in [5, 5.41) is 12.4. The molecule has 0 aliphatic heterocycles. The Balaban J connectivity index is 1.92. The van der Waals surface area contributed by atoms with Crippen LogP contribution >= 0.6 is 11.6 Å². The molecule has 0 aliphatic rings. The number of hydrogen-bond donors (Lipinski definition) is 2. The van der Waals surface area contributed by atoms with Gasteiger partial charge in [-0.2, -0.15) is 0 Å². The van der Waals surface area contributed by atoms with Crippen LogP contribution in [0.25, 0.3) is 0 Å². The molecule has 0 fully saturated rings. The quantitative estimate of drug-likeness (QED) is 0.852. The highest BCUT2D eigenvalue weighted by atomic mass is 35.5. The predicted octanol–water partition coefficient (Wildman–Crippen LogP) is 2.84. The summed E-state index contributed by atoms with van der Waals surface area (Å²) in [7, 11) is 0. The SMILES string of the molecule is O=C(COC(=O)c1cc(Cl)ccc1O)Nc1ccccc1. The number of amides is 1. The Labute approximate surface area is 126 Å². The van der Waals surface area contributed by atoms with Crippen molar-refractivity contribution in [3.05, 3.63) is 59.1 Å². The maximum Gasteiger partial charge on any atom is 0.342 e. The third-order valence-electron chi connectivity index (χ3n) is 2.57. The lowest BCUT2D eigenvalue weighted by Crippen LogP contribution is -2.20. The Morgan fingerprint density at radius 1 is 1.14 bits per heavy atom. The third kappa shape index (κ3) is 4.22. The first-order chi connectivity index (χ1) is 10.1. The van der Waals surface area contributed by atoms with Gasteiger partial charge >= 0.3 is 5.97 Å². The minimum Gasteiger partial charge on any atom is -0.507 e. The van der Waals surface area contributed by atoms with Crippen LogP contribution in [0.3, 0.4) is 0 Å². The van der Waals surface area contributed by atoms with Gasteiger partial charge in [-0.25, -0.2) is 4.79 Å². The molecule has 1 amide bonds. The van der Waals surface area contributed by atoms with E-state index in [1.54, 1.807) is 24.3 Å². The summed E-state index contributed by atoms with van der Waals surface area (Å²) in [5.41, 5.74) is 0.513. The van der Waals surface area contributed by atoms with Crippen LogP contribution in [0.5, 0.6) is 5.75 Å². The van der Waals surface area contributed by atoms with Crippen molar-refractivity contribution >= 4 is 29.2 Å². The third-order valence-corrected chi connectivity index (χ3v) is 2.81. The van der Waals surface area contributed by atoms with Crippen molar-refractivity contribution in [3.63, 3.8) is 0 Å². The number of hydrogen-bond acceptors (Lipinski definition) is 4. The van der Waals surface area contributed by atoms with Crippen LogP contribution in [0.1, 0.15) is 10.4 Å². The average molecular weight is 306 g/mol. The molecule has 0 saturated carbocycles. The summed E-state index contributed by atoms with van der Waals surface area (Å²) < 4.78 is 4.83. The molecule has 0 spiro atoms. The summed E-state index contributed by atoms with van der Waals surface area (Å²) in [6, 6.07) is 12.8. The van der Waals surface area contributed by atoms with E-state index in [2.05, 4.69) is 5.32 Å². The molecule has 2 rings (SSSR count). The molecular weight excluding hydrogens is 294 g/mol. The van der Waals surface area contributed by atoms with E-state index in [9.17, 15) is 14.7 Å². The number of carbonyl (C=O) groups is 2. The highest BCUT2D eigenvalue weighted by Crippen LogP contribution is 2.22. The number of nitrogens with one attached hydrogen (secondary N) is 1. The van der Waals surface area contributed by atoms with E-state index in [0.29, 0.717) is 5.69 Å². The van der Waals surface area contributed by atoms with E-state index >= 15 is 0 Å². The Morgan fingerprint density at radius 3 is 2.57 bits per heavy atom. The number of anilines is 1. The van der Waals surface area contributed by atoms with Crippen LogP contribution in [-0.4, -0.2) is 23.6 Å². The molecule has 0 unspecified atom stereocenters. The molecule has 0 saturated heterocycles. The van der Waals surface area contributed by atoms with Gasteiger partial charge in [0.05, 0.1) is 0 Å². The maximum atomic E-state index is 11.8. The van der Waals surface area contributed by atoms with Gasteiger partial charge < -0.3 is 15.2 Å². The summed E-state index contributed by atoms with van der Waals surface area (Å²) >= 11 is 5.73. The van der Waals surface area contributed by atoms with Gasteiger partial charge in [0.25, 0.3) is 5.91 Å². The molecule has 21 heavy (non-hydrogen) atoms. The lowest BCUT2D eigenvalue weighted by molar-refractivity contribution is -0.119. The van der Waals surface area contributed by atoms with E-state index in [0.717, 1.165) is 0 Å². The molecule has 2 aromatic rings. The molecule has 108 valence electrons. The van der Waals surface area contributed by atoms with Crippen molar-refractivity contribution < 1.29 is 19.4 Å². The van der Waals surface area contributed by atoms with Crippen LogP contribution in [0, 0.1) is 0 Å². The number of rotatable bonds is 4. The minimum absolute atomic E-state index is 0.0880. The Morgan fingerprint density at radius 2 is 1.86 bits per heavy atom. The molecular formula is C15H12ClNO4. The van der Waals surface area contributed by atoms with Gasteiger partial charge in [0.1, 0.15) is 11.3 Å². The zero-order chi connectivity index (χ0) is 15.2. The predicted molar refractivity (Wildman–Crippen MR) is 78.5 cm³/mol. The number of halogens is 1. The van der Waals surface area contributed by atoms with Crippen molar-refractivity contribution in [2.45, 2.75) is 0 Å². The molecule has 0 heterocycles. The number of esters is 1. The van der Waals surface area contributed by atoms with Gasteiger partial charge in [0, 0.05) is 10.7 Å². The number of para-hydroxylation sites is 1. The molecule has 2 aromatic carbocycles. The second kappa shape index (κ2) is 6.76.